The Morgan fingerprint density at radius 3 is 2.43 bits per heavy atom. The van der Waals surface area contributed by atoms with Gasteiger partial charge in [-0.1, -0.05) is 12.1 Å². The zero-order chi connectivity index (χ0) is 36.1. The van der Waals surface area contributed by atoms with Crippen LogP contribution in [0.25, 0.3) is 0 Å². The van der Waals surface area contributed by atoms with Crippen molar-refractivity contribution >= 4 is 31.6 Å². The molecule has 1 aliphatic rings. The largest absolute Gasteiger partial charge is 0.490 e. The minimum Gasteiger partial charge on any atom is -0.490 e. The highest BCUT2D eigenvalue weighted by Crippen LogP contribution is 2.30. The van der Waals surface area contributed by atoms with E-state index in [1.807, 2.05) is 13.8 Å². The van der Waals surface area contributed by atoms with Crippen molar-refractivity contribution in [3.8, 4) is 5.75 Å². The molecule has 16 heteroatoms. The topological polar surface area (TPSA) is 169 Å². The zero-order valence-electron chi connectivity index (χ0n) is 28.5. The number of aromatic nitrogens is 1. The number of sulfonamides is 2. The van der Waals surface area contributed by atoms with Gasteiger partial charge in [-0.3, -0.25) is 9.52 Å². The Labute approximate surface area is 287 Å². The summed E-state index contributed by atoms with van der Waals surface area (Å²) >= 11 is 0. The van der Waals surface area contributed by atoms with E-state index in [4.69, 9.17) is 14.0 Å². The third-order valence-corrected chi connectivity index (χ3v) is 12.0. The van der Waals surface area contributed by atoms with Crippen LogP contribution in [-0.2, 0) is 24.8 Å². The number of halogens is 1. The number of carbonyl (C=O) groups excluding carboxylic acids is 1. The van der Waals surface area contributed by atoms with Gasteiger partial charge in [0.05, 0.1) is 35.3 Å². The molecule has 0 aliphatic carbocycles. The summed E-state index contributed by atoms with van der Waals surface area (Å²) in [6.45, 7) is 8.44. The maximum atomic E-state index is 14.4. The Kier molecular flexibility index (Phi) is 12.5. The Hall–Kier alpha value is -3.57. The summed E-state index contributed by atoms with van der Waals surface area (Å²) in [5, 5.41) is 14.0. The minimum absolute atomic E-state index is 0.00861. The Bertz CT molecular complexity index is 1800. The Morgan fingerprint density at radius 1 is 1.10 bits per heavy atom. The quantitative estimate of drug-likeness (QED) is 0.324. The van der Waals surface area contributed by atoms with Crippen molar-refractivity contribution in [1.29, 1.82) is 0 Å². The second-order valence-corrected chi connectivity index (χ2v) is 16.2. The maximum Gasteiger partial charge on any atom is 0.261 e. The number of fused-ring (bicyclic) bond motifs is 1. The highest BCUT2D eigenvalue weighted by molar-refractivity contribution is 7.92. The number of carbonyl (C=O) groups is 1. The van der Waals surface area contributed by atoms with Gasteiger partial charge < -0.3 is 24.0 Å². The number of hydrogen-bond acceptors (Lipinski definition) is 10. The smallest absolute Gasteiger partial charge is 0.261 e. The molecule has 3 aromatic rings. The summed E-state index contributed by atoms with van der Waals surface area (Å²) in [5.74, 6) is -1.14. The molecule has 49 heavy (non-hydrogen) atoms. The van der Waals surface area contributed by atoms with E-state index >= 15 is 0 Å². The van der Waals surface area contributed by atoms with Gasteiger partial charge in [0, 0.05) is 38.3 Å². The molecular weight excluding hydrogens is 680 g/mol. The number of nitrogens with one attached hydrogen (secondary N) is 1. The van der Waals surface area contributed by atoms with E-state index in [9.17, 15) is 31.1 Å². The number of aliphatic hydroxyl groups is 1. The first-order valence-corrected chi connectivity index (χ1v) is 19.0. The van der Waals surface area contributed by atoms with Gasteiger partial charge in [-0.05, 0) is 89.4 Å². The SMILES string of the molecule is Cc1noc(C)c1S(=O)(=O)N(C)C[C@H]1OCCCC[C@@H](C)Oc2ccc(NS(=O)(=O)c3ccc(F)cc3)cc2C(=O)N([C@@H](C)CO)C[C@@H]1C. The van der Waals surface area contributed by atoms with Crippen LogP contribution < -0.4 is 9.46 Å². The zero-order valence-corrected chi connectivity index (χ0v) is 30.2. The van der Waals surface area contributed by atoms with Gasteiger partial charge in [0.25, 0.3) is 15.9 Å². The summed E-state index contributed by atoms with van der Waals surface area (Å²) in [7, 11) is -6.67. The first-order chi connectivity index (χ1) is 23.0. The lowest BCUT2D eigenvalue weighted by Gasteiger charge is -2.35. The second-order valence-electron chi connectivity index (χ2n) is 12.5. The summed E-state index contributed by atoms with van der Waals surface area (Å²) in [4.78, 5) is 15.6. The van der Waals surface area contributed by atoms with Gasteiger partial charge in [-0.15, -0.1) is 0 Å². The van der Waals surface area contributed by atoms with Gasteiger partial charge in [0.2, 0.25) is 10.0 Å². The number of nitrogens with zero attached hydrogens (tertiary/aromatic N) is 3. The lowest BCUT2D eigenvalue weighted by molar-refractivity contribution is -0.00835. The lowest BCUT2D eigenvalue weighted by atomic mass is 10.0. The van der Waals surface area contributed by atoms with Crippen molar-refractivity contribution in [2.24, 2.45) is 5.92 Å². The molecule has 4 atom stereocenters. The molecule has 0 unspecified atom stereocenters. The average molecular weight is 725 g/mol. The molecule has 13 nitrogen and oxygen atoms in total. The summed E-state index contributed by atoms with van der Waals surface area (Å²) in [6, 6.07) is 8.02. The van der Waals surface area contributed by atoms with E-state index in [-0.39, 0.29) is 64.0 Å². The second kappa shape index (κ2) is 16.0. The van der Waals surface area contributed by atoms with Crippen LogP contribution in [-0.4, -0.2) is 93.8 Å². The van der Waals surface area contributed by atoms with E-state index < -0.39 is 49.8 Å². The third kappa shape index (κ3) is 9.16. The molecule has 0 spiro atoms. The van der Waals surface area contributed by atoms with Crippen molar-refractivity contribution < 1.29 is 45.1 Å². The number of likely N-dealkylation sites (N-methyl/N-ethyl adjacent to an activating group) is 1. The van der Waals surface area contributed by atoms with E-state index in [2.05, 4.69) is 9.88 Å². The molecule has 0 bridgehead atoms. The Morgan fingerprint density at radius 2 is 1.80 bits per heavy atom. The predicted molar refractivity (Wildman–Crippen MR) is 180 cm³/mol. The van der Waals surface area contributed by atoms with E-state index in [1.165, 1.54) is 41.4 Å². The summed E-state index contributed by atoms with van der Waals surface area (Å²) < 4.78 is 88.0. The highest BCUT2D eigenvalue weighted by atomic mass is 32.2. The van der Waals surface area contributed by atoms with Gasteiger partial charge >= 0.3 is 0 Å². The summed E-state index contributed by atoms with van der Waals surface area (Å²) in [6.07, 6.45) is 1.05. The van der Waals surface area contributed by atoms with Gasteiger partial charge in [-0.2, -0.15) is 4.31 Å². The maximum absolute atomic E-state index is 14.4. The first-order valence-electron chi connectivity index (χ1n) is 16.1. The molecule has 0 saturated heterocycles. The molecule has 270 valence electrons. The standard InChI is InChI=1S/C33H45FN4O9S2/c1-21-18-38(22(2)20-39)33(40)29-17-27(36-48(41,42)28-13-10-26(34)11-14-28)12-15-30(29)46-23(3)9-7-8-16-45-31(21)19-37(6)49(43,44)32-24(4)35-47-25(32)5/h10-15,17,21-23,31,36,39H,7-9,16,18-20H2,1-6H3/t21-,22-,23+,31+/m0/s1. The predicted octanol–water partition coefficient (Wildman–Crippen LogP) is 4.35. The number of ether oxygens (including phenoxy) is 2. The van der Waals surface area contributed by atoms with Crippen LogP contribution in [0, 0.1) is 25.6 Å². The van der Waals surface area contributed by atoms with Gasteiger partial charge in [-0.25, -0.2) is 21.2 Å². The highest BCUT2D eigenvalue weighted by Gasteiger charge is 2.34. The van der Waals surface area contributed by atoms with Crippen molar-refractivity contribution in [2.75, 3.05) is 38.1 Å². The molecule has 2 N–H and O–H groups in total. The van der Waals surface area contributed by atoms with Crippen molar-refractivity contribution in [2.45, 2.75) is 81.9 Å². The molecule has 2 aromatic carbocycles. The molecular formula is C33H45FN4O9S2. The summed E-state index contributed by atoms with van der Waals surface area (Å²) in [5.41, 5.74) is 0.379. The van der Waals surface area contributed by atoms with Gasteiger partial charge in [0.15, 0.2) is 5.76 Å². The number of rotatable bonds is 9. The molecule has 0 radical (unpaired) electrons. The van der Waals surface area contributed by atoms with Crippen LogP contribution in [0.3, 0.4) is 0 Å². The molecule has 1 aliphatic heterocycles. The Balaban J connectivity index is 1.69. The molecule has 1 aromatic heterocycles. The fourth-order valence-electron chi connectivity index (χ4n) is 5.63. The number of hydrogen-bond donors (Lipinski definition) is 2. The molecule has 4 rings (SSSR count). The number of amides is 1. The van der Waals surface area contributed by atoms with Crippen molar-refractivity contribution in [3.63, 3.8) is 0 Å². The van der Waals surface area contributed by atoms with Crippen LogP contribution in [0.15, 0.2) is 56.8 Å². The molecule has 0 saturated carbocycles. The average Bonchev–Trinajstić information content (AvgIpc) is 3.40. The van der Waals surface area contributed by atoms with E-state index in [1.54, 1.807) is 13.8 Å². The number of aliphatic hydroxyl groups excluding tert-OH is 1. The van der Waals surface area contributed by atoms with E-state index in [0.29, 0.717) is 19.4 Å². The van der Waals surface area contributed by atoms with Crippen molar-refractivity contribution in [1.82, 2.24) is 14.4 Å². The van der Waals surface area contributed by atoms with E-state index in [0.717, 1.165) is 30.7 Å². The van der Waals surface area contributed by atoms with Crippen LogP contribution >= 0.6 is 0 Å². The number of benzene rings is 2. The minimum atomic E-state index is -4.13. The van der Waals surface area contributed by atoms with Crippen LogP contribution in [0.2, 0.25) is 0 Å². The van der Waals surface area contributed by atoms with Crippen LogP contribution in [0.5, 0.6) is 5.75 Å². The lowest BCUT2D eigenvalue weighted by Crippen LogP contribution is -2.48. The fraction of sp³-hybridized carbons (Fsp3) is 0.515. The van der Waals surface area contributed by atoms with Crippen molar-refractivity contribution in [3.05, 3.63) is 65.3 Å². The first kappa shape index (κ1) is 38.2. The normalized spacial score (nSPS) is 20.7. The fourth-order valence-corrected chi connectivity index (χ4v) is 8.14. The van der Waals surface area contributed by atoms with Gasteiger partial charge in [0.1, 0.15) is 22.2 Å². The van der Waals surface area contributed by atoms with Crippen LogP contribution in [0.1, 0.15) is 61.8 Å². The number of aryl methyl sites for hydroxylation is 2. The third-order valence-electron chi connectivity index (χ3n) is 8.50. The van der Waals surface area contributed by atoms with Crippen LogP contribution in [0.4, 0.5) is 10.1 Å². The molecule has 2 heterocycles. The number of anilines is 1. The molecule has 1 amide bonds. The monoisotopic (exact) mass is 724 g/mol. The molecule has 0 fully saturated rings.